The van der Waals surface area contributed by atoms with Crippen molar-refractivity contribution < 1.29 is 23.0 Å². The Morgan fingerprint density at radius 2 is 1.81 bits per heavy atom. The predicted molar refractivity (Wildman–Crippen MR) is 72.9 cm³/mol. The molecule has 5 heteroatoms. The number of rotatable bonds is 5. The molecule has 2 aromatic rings. The molecule has 0 aromatic heterocycles. The normalized spacial score (nSPS) is 13.0. The summed E-state index contributed by atoms with van der Waals surface area (Å²) < 4.78 is 46.2. The molecule has 2 rings (SSSR count). The van der Waals surface area contributed by atoms with Crippen molar-refractivity contribution in [3.63, 3.8) is 0 Å². The van der Waals surface area contributed by atoms with E-state index in [0.29, 0.717) is 0 Å². The molecule has 0 spiro atoms. The fraction of sp³-hybridized carbons (Fsp3) is 0.250. The van der Waals surface area contributed by atoms with E-state index >= 15 is 0 Å². The minimum Gasteiger partial charge on any atom is -0.486 e. The molecule has 0 saturated carbocycles. The second-order valence-electron chi connectivity index (χ2n) is 4.72. The quantitative estimate of drug-likeness (QED) is 0.902. The van der Waals surface area contributed by atoms with Crippen LogP contribution in [0.25, 0.3) is 0 Å². The molecular formula is C16H15F3O2. The van der Waals surface area contributed by atoms with Crippen LogP contribution < -0.4 is 4.74 Å². The number of aliphatic hydroxyl groups is 1. The maximum Gasteiger partial charge on any atom is 0.306 e. The van der Waals surface area contributed by atoms with E-state index in [1.165, 1.54) is 37.3 Å². The molecule has 0 radical (unpaired) electrons. The standard InChI is InChI=1S/C16H15F3O2/c1-11(20)14-8-7-13(17)9-15(14)21-10-16(18,19)12-5-3-2-4-6-12/h2-9,11,20H,10H2,1H3. The van der Waals surface area contributed by atoms with Gasteiger partial charge in [0, 0.05) is 17.2 Å². The van der Waals surface area contributed by atoms with E-state index in [0.717, 1.165) is 12.1 Å². The van der Waals surface area contributed by atoms with Crippen LogP contribution in [0.5, 0.6) is 5.75 Å². The molecule has 112 valence electrons. The lowest BCUT2D eigenvalue weighted by Gasteiger charge is -2.19. The third-order valence-electron chi connectivity index (χ3n) is 3.03. The van der Waals surface area contributed by atoms with E-state index in [-0.39, 0.29) is 16.9 Å². The first-order chi connectivity index (χ1) is 9.90. The van der Waals surface area contributed by atoms with E-state index in [2.05, 4.69) is 0 Å². The number of alkyl halides is 2. The summed E-state index contributed by atoms with van der Waals surface area (Å²) in [6, 6.07) is 10.7. The Labute approximate surface area is 120 Å². The Morgan fingerprint density at radius 1 is 1.14 bits per heavy atom. The topological polar surface area (TPSA) is 29.5 Å². The molecule has 0 aliphatic carbocycles. The number of aliphatic hydroxyl groups excluding tert-OH is 1. The van der Waals surface area contributed by atoms with Crippen LogP contribution in [0, 0.1) is 5.82 Å². The Hall–Kier alpha value is -2.01. The van der Waals surface area contributed by atoms with Gasteiger partial charge in [0.05, 0.1) is 6.10 Å². The summed E-state index contributed by atoms with van der Waals surface area (Å²) in [6.07, 6.45) is -0.939. The van der Waals surface area contributed by atoms with Crippen LogP contribution in [-0.4, -0.2) is 11.7 Å². The molecular weight excluding hydrogens is 281 g/mol. The molecule has 1 atom stereocenters. The average Bonchev–Trinajstić information content (AvgIpc) is 2.46. The first kappa shape index (κ1) is 15.4. The van der Waals surface area contributed by atoms with Crippen LogP contribution in [0.1, 0.15) is 24.2 Å². The first-order valence-electron chi connectivity index (χ1n) is 6.44. The molecule has 0 aliphatic rings. The van der Waals surface area contributed by atoms with Crippen LogP contribution in [0.2, 0.25) is 0 Å². The lowest BCUT2D eigenvalue weighted by Crippen LogP contribution is -2.23. The van der Waals surface area contributed by atoms with E-state index < -0.39 is 24.5 Å². The summed E-state index contributed by atoms with van der Waals surface area (Å²) in [5.74, 6) is -3.90. The number of halogens is 3. The van der Waals surface area contributed by atoms with Crippen molar-refractivity contribution in [3.05, 3.63) is 65.5 Å². The molecule has 1 unspecified atom stereocenters. The third-order valence-corrected chi connectivity index (χ3v) is 3.03. The van der Waals surface area contributed by atoms with E-state index in [1.54, 1.807) is 6.07 Å². The average molecular weight is 296 g/mol. The zero-order valence-corrected chi connectivity index (χ0v) is 11.4. The van der Waals surface area contributed by atoms with Crippen molar-refractivity contribution in [2.24, 2.45) is 0 Å². The lowest BCUT2D eigenvalue weighted by molar-refractivity contribution is -0.0474. The summed E-state index contributed by atoms with van der Waals surface area (Å²) in [5, 5.41) is 9.55. The zero-order valence-electron chi connectivity index (χ0n) is 11.4. The molecule has 2 nitrogen and oxygen atoms in total. The molecule has 0 amide bonds. The highest BCUT2D eigenvalue weighted by molar-refractivity contribution is 5.35. The highest BCUT2D eigenvalue weighted by Gasteiger charge is 2.32. The van der Waals surface area contributed by atoms with Gasteiger partial charge in [-0.1, -0.05) is 30.3 Å². The monoisotopic (exact) mass is 296 g/mol. The van der Waals surface area contributed by atoms with Crippen LogP contribution in [-0.2, 0) is 5.92 Å². The van der Waals surface area contributed by atoms with Gasteiger partial charge in [-0.3, -0.25) is 0 Å². The first-order valence-corrected chi connectivity index (χ1v) is 6.44. The van der Waals surface area contributed by atoms with E-state index in [4.69, 9.17) is 4.74 Å². The van der Waals surface area contributed by atoms with E-state index in [9.17, 15) is 18.3 Å². The number of benzene rings is 2. The summed E-state index contributed by atoms with van der Waals surface area (Å²) >= 11 is 0. The summed E-state index contributed by atoms with van der Waals surface area (Å²) in [5.41, 5.74) is 0.0836. The van der Waals surface area contributed by atoms with Gasteiger partial charge < -0.3 is 9.84 Å². The highest BCUT2D eigenvalue weighted by atomic mass is 19.3. The van der Waals surface area contributed by atoms with Crippen LogP contribution in [0.3, 0.4) is 0 Å². The molecule has 1 N–H and O–H groups in total. The molecule has 21 heavy (non-hydrogen) atoms. The van der Waals surface area contributed by atoms with Gasteiger partial charge in [-0.05, 0) is 19.1 Å². The van der Waals surface area contributed by atoms with Crippen LogP contribution >= 0.6 is 0 Å². The predicted octanol–water partition coefficient (Wildman–Crippen LogP) is 4.05. The molecule has 0 bridgehead atoms. The Morgan fingerprint density at radius 3 is 2.43 bits per heavy atom. The van der Waals surface area contributed by atoms with Crippen molar-refractivity contribution in [1.29, 1.82) is 0 Å². The van der Waals surface area contributed by atoms with Crippen LogP contribution in [0.15, 0.2) is 48.5 Å². The Balaban J connectivity index is 2.18. The van der Waals surface area contributed by atoms with Crippen molar-refractivity contribution >= 4 is 0 Å². The molecule has 0 aliphatic heterocycles. The van der Waals surface area contributed by atoms with Crippen molar-refractivity contribution in [3.8, 4) is 5.75 Å². The summed E-state index contributed by atoms with van der Waals surface area (Å²) in [6.45, 7) is 0.523. The lowest BCUT2D eigenvalue weighted by atomic mass is 10.1. The fourth-order valence-corrected chi connectivity index (χ4v) is 1.91. The minimum absolute atomic E-state index is 0.0828. The number of hydrogen-bond acceptors (Lipinski definition) is 2. The summed E-state index contributed by atoms with van der Waals surface area (Å²) in [7, 11) is 0. The van der Waals surface area contributed by atoms with Gasteiger partial charge in [-0.2, -0.15) is 8.78 Å². The van der Waals surface area contributed by atoms with Gasteiger partial charge in [-0.15, -0.1) is 0 Å². The molecule has 0 fully saturated rings. The molecule has 0 heterocycles. The minimum atomic E-state index is -3.20. The van der Waals surface area contributed by atoms with Crippen LogP contribution in [0.4, 0.5) is 13.2 Å². The number of hydrogen-bond donors (Lipinski definition) is 1. The van der Waals surface area contributed by atoms with Crippen molar-refractivity contribution in [2.45, 2.75) is 19.0 Å². The smallest absolute Gasteiger partial charge is 0.306 e. The van der Waals surface area contributed by atoms with Gasteiger partial charge >= 0.3 is 5.92 Å². The van der Waals surface area contributed by atoms with Gasteiger partial charge in [0.25, 0.3) is 0 Å². The van der Waals surface area contributed by atoms with Gasteiger partial charge in [0.2, 0.25) is 0 Å². The Kier molecular flexibility index (Phi) is 4.53. The second-order valence-corrected chi connectivity index (χ2v) is 4.72. The molecule has 2 aromatic carbocycles. The van der Waals surface area contributed by atoms with Gasteiger partial charge in [0.15, 0.2) is 6.61 Å². The summed E-state index contributed by atoms with van der Waals surface area (Å²) in [4.78, 5) is 0. The maximum absolute atomic E-state index is 14.0. The van der Waals surface area contributed by atoms with Crippen molar-refractivity contribution in [2.75, 3.05) is 6.61 Å². The highest BCUT2D eigenvalue weighted by Crippen LogP contribution is 2.31. The fourth-order valence-electron chi connectivity index (χ4n) is 1.91. The second kappa shape index (κ2) is 6.18. The van der Waals surface area contributed by atoms with Crippen molar-refractivity contribution in [1.82, 2.24) is 0 Å². The number of ether oxygens (including phenoxy) is 1. The third kappa shape index (κ3) is 3.76. The maximum atomic E-state index is 14.0. The SMILES string of the molecule is CC(O)c1ccc(F)cc1OCC(F)(F)c1ccccc1. The Bertz CT molecular complexity index is 598. The van der Waals surface area contributed by atoms with Gasteiger partial charge in [-0.25, -0.2) is 4.39 Å². The van der Waals surface area contributed by atoms with E-state index in [1.807, 2.05) is 0 Å². The largest absolute Gasteiger partial charge is 0.486 e. The van der Waals surface area contributed by atoms with Gasteiger partial charge in [0.1, 0.15) is 11.6 Å². The zero-order chi connectivity index (χ0) is 15.5. The molecule has 0 saturated heterocycles.